The standard InChI is InChI=1S/C7H14N2O5S/c1-2-15(11,12)6-5-13-7(10)14-9-4-3-8/h2,9H,1,3-6,8H2. The molecule has 0 heterocycles. The number of carbonyl (C=O) groups is 1. The van der Waals surface area contributed by atoms with E-state index in [9.17, 15) is 13.2 Å². The molecule has 0 atom stereocenters. The van der Waals surface area contributed by atoms with E-state index in [0.29, 0.717) is 13.1 Å². The van der Waals surface area contributed by atoms with Gasteiger partial charge in [-0.15, -0.1) is 5.48 Å². The van der Waals surface area contributed by atoms with Crippen LogP contribution in [0.3, 0.4) is 0 Å². The van der Waals surface area contributed by atoms with Crippen LogP contribution in [0.5, 0.6) is 0 Å². The van der Waals surface area contributed by atoms with Gasteiger partial charge in [0.25, 0.3) is 0 Å². The quantitative estimate of drug-likeness (QED) is 0.338. The third-order valence-electron chi connectivity index (χ3n) is 1.24. The first-order valence-corrected chi connectivity index (χ1v) is 5.85. The van der Waals surface area contributed by atoms with Crippen LogP contribution in [0.15, 0.2) is 12.0 Å². The van der Waals surface area contributed by atoms with Crippen LogP contribution in [-0.2, 0) is 19.4 Å². The van der Waals surface area contributed by atoms with Crippen LogP contribution in [0.1, 0.15) is 0 Å². The highest BCUT2D eigenvalue weighted by Gasteiger charge is 2.08. The van der Waals surface area contributed by atoms with Crippen molar-refractivity contribution in [2.45, 2.75) is 0 Å². The average Bonchev–Trinajstić information content (AvgIpc) is 2.18. The maximum Gasteiger partial charge on any atom is 0.527 e. The predicted octanol–water partition coefficient (Wildman–Crippen LogP) is -0.839. The van der Waals surface area contributed by atoms with E-state index in [4.69, 9.17) is 5.73 Å². The summed E-state index contributed by atoms with van der Waals surface area (Å²) < 4.78 is 26.2. The topological polar surface area (TPSA) is 108 Å². The summed E-state index contributed by atoms with van der Waals surface area (Å²) in [5.74, 6) is -0.317. The summed E-state index contributed by atoms with van der Waals surface area (Å²) in [5, 5.41) is 0.800. The van der Waals surface area contributed by atoms with Crippen LogP contribution < -0.4 is 11.2 Å². The van der Waals surface area contributed by atoms with Crippen LogP contribution >= 0.6 is 0 Å². The van der Waals surface area contributed by atoms with Crippen molar-refractivity contribution >= 4 is 16.0 Å². The Morgan fingerprint density at radius 3 is 2.73 bits per heavy atom. The molecule has 0 spiro atoms. The van der Waals surface area contributed by atoms with E-state index in [1.165, 1.54) is 0 Å². The molecule has 0 aromatic carbocycles. The number of hydroxylamine groups is 1. The van der Waals surface area contributed by atoms with Gasteiger partial charge in [0, 0.05) is 18.5 Å². The maximum atomic E-state index is 10.9. The third kappa shape index (κ3) is 7.91. The van der Waals surface area contributed by atoms with Crippen LogP contribution in [0, 0.1) is 0 Å². The van der Waals surface area contributed by atoms with Gasteiger partial charge in [0.2, 0.25) is 0 Å². The minimum absolute atomic E-state index is 0.280. The van der Waals surface area contributed by atoms with E-state index in [2.05, 4.69) is 21.6 Å². The fourth-order valence-corrected chi connectivity index (χ4v) is 1.01. The van der Waals surface area contributed by atoms with Crippen molar-refractivity contribution in [2.24, 2.45) is 5.73 Å². The number of sulfone groups is 1. The molecule has 0 amide bonds. The van der Waals surface area contributed by atoms with Crippen LogP contribution in [0.2, 0.25) is 0 Å². The smallest absolute Gasteiger partial charge is 0.432 e. The molecule has 88 valence electrons. The van der Waals surface area contributed by atoms with Crippen molar-refractivity contribution < 1.29 is 22.8 Å². The van der Waals surface area contributed by atoms with E-state index in [1.54, 1.807) is 0 Å². The van der Waals surface area contributed by atoms with Gasteiger partial charge in [0.15, 0.2) is 9.84 Å². The highest BCUT2D eigenvalue weighted by Crippen LogP contribution is 1.91. The molecule has 8 heteroatoms. The lowest BCUT2D eigenvalue weighted by Crippen LogP contribution is -2.27. The van der Waals surface area contributed by atoms with E-state index in [-0.39, 0.29) is 12.4 Å². The molecular formula is C7H14N2O5S. The zero-order chi connectivity index (χ0) is 11.7. The van der Waals surface area contributed by atoms with Gasteiger partial charge in [-0.25, -0.2) is 13.2 Å². The summed E-state index contributed by atoms with van der Waals surface area (Å²) in [6.45, 7) is 3.42. The molecule has 0 aliphatic rings. The molecule has 0 saturated carbocycles. The minimum Gasteiger partial charge on any atom is -0.432 e. The number of hydrogen-bond acceptors (Lipinski definition) is 7. The SMILES string of the molecule is C=CS(=O)(=O)CCOC(=O)ONCCN. The molecule has 7 nitrogen and oxygen atoms in total. The summed E-state index contributed by atoms with van der Waals surface area (Å²) in [4.78, 5) is 15.0. The van der Waals surface area contributed by atoms with Gasteiger partial charge >= 0.3 is 6.16 Å². The van der Waals surface area contributed by atoms with E-state index in [0.717, 1.165) is 5.41 Å². The lowest BCUT2D eigenvalue weighted by atomic mass is 10.7. The van der Waals surface area contributed by atoms with Crippen molar-refractivity contribution in [1.82, 2.24) is 5.48 Å². The number of rotatable bonds is 7. The molecule has 0 rings (SSSR count). The first-order valence-electron chi connectivity index (χ1n) is 4.13. The molecule has 0 fully saturated rings. The van der Waals surface area contributed by atoms with Crippen LogP contribution in [0.4, 0.5) is 4.79 Å². The second-order valence-corrected chi connectivity index (χ2v) is 4.48. The van der Waals surface area contributed by atoms with E-state index in [1.807, 2.05) is 0 Å². The molecule has 0 bridgehead atoms. The van der Waals surface area contributed by atoms with Crippen molar-refractivity contribution in [2.75, 3.05) is 25.4 Å². The maximum absolute atomic E-state index is 10.9. The first kappa shape index (κ1) is 13.9. The summed E-state index contributed by atoms with van der Waals surface area (Å²) in [6, 6.07) is 0. The largest absolute Gasteiger partial charge is 0.527 e. The summed E-state index contributed by atoms with van der Waals surface area (Å²) in [5.41, 5.74) is 7.33. The van der Waals surface area contributed by atoms with Crippen molar-refractivity contribution in [1.29, 1.82) is 0 Å². The lowest BCUT2D eigenvalue weighted by Gasteiger charge is -2.04. The lowest BCUT2D eigenvalue weighted by molar-refractivity contribution is 0.0208. The second kappa shape index (κ2) is 7.21. The molecule has 0 saturated heterocycles. The van der Waals surface area contributed by atoms with Gasteiger partial charge in [-0.1, -0.05) is 6.58 Å². The molecule has 0 aromatic rings. The van der Waals surface area contributed by atoms with Gasteiger partial charge in [0.1, 0.15) is 6.61 Å². The summed E-state index contributed by atoms with van der Waals surface area (Å²) in [7, 11) is -3.35. The number of hydrogen-bond donors (Lipinski definition) is 2. The molecule has 0 aliphatic heterocycles. The Kier molecular flexibility index (Phi) is 6.67. The Morgan fingerprint density at radius 1 is 1.53 bits per heavy atom. The monoisotopic (exact) mass is 238 g/mol. The number of nitrogens with two attached hydrogens (primary N) is 1. The zero-order valence-electron chi connectivity index (χ0n) is 8.14. The Hall–Kier alpha value is -1.12. The molecule has 0 radical (unpaired) electrons. The normalized spacial score (nSPS) is 10.7. The van der Waals surface area contributed by atoms with E-state index >= 15 is 0 Å². The van der Waals surface area contributed by atoms with Gasteiger partial charge in [-0.05, 0) is 0 Å². The van der Waals surface area contributed by atoms with Gasteiger partial charge in [0.05, 0.1) is 5.75 Å². The average molecular weight is 238 g/mol. The van der Waals surface area contributed by atoms with Gasteiger partial charge in [-0.3, -0.25) is 0 Å². The van der Waals surface area contributed by atoms with Crippen molar-refractivity contribution in [3.8, 4) is 0 Å². The van der Waals surface area contributed by atoms with Crippen molar-refractivity contribution in [3.63, 3.8) is 0 Å². The summed E-state index contributed by atoms with van der Waals surface area (Å²) in [6.07, 6.45) is -0.997. The molecule has 0 aromatic heterocycles. The van der Waals surface area contributed by atoms with Crippen LogP contribution in [-0.4, -0.2) is 40.0 Å². The molecule has 3 N–H and O–H groups in total. The Labute approximate surface area is 88.1 Å². The Bertz CT molecular complexity index is 301. The second-order valence-electron chi connectivity index (χ2n) is 2.42. The third-order valence-corrected chi connectivity index (χ3v) is 2.49. The number of carbonyl (C=O) groups excluding carboxylic acids is 1. The molecule has 0 aliphatic carbocycles. The molecular weight excluding hydrogens is 224 g/mol. The van der Waals surface area contributed by atoms with Gasteiger partial charge in [-0.2, -0.15) is 0 Å². The minimum atomic E-state index is -3.35. The van der Waals surface area contributed by atoms with E-state index < -0.39 is 16.0 Å². The Balaban J connectivity index is 3.60. The predicted molar refractivity (Wildman–Crippen MR) is 53.5 cm³/mol. The first-order chi connectivity index (χ1) is 7.02. The van der Waals surface area contributed by atoms with Crippen LogP contribution in [0.25, 0.3) is 0 Å². The number of nitrogens with one attached hydrogen (secondary N) is 1. The van der Waals surface area contributed by atoms with Gasteiger partial charge < -0.3 is 15.3 Å². The van der Waals surface area contributed by atoms with Crippen molar-refractivity contribution in [3.05, 3.63) is 12.0 Å². The number of ether oxygens (including phenoxy) is 1. The highest BCUT2D eigenvalue weighted by atomic mass is 32.2. The zero-order valence-corrected chi connectivity index (χ0v) is 8.96. The fraction of sp³-hybridized carbons (Fsp3) is 0.571. The summed E-state index contributed by atoms with van der Waals surface area (Å²) >= 11 is 0. The molecule has 0 unspecified atom stereocenters. The Morgan fingerprint density at radius 2 is 2.20 bits per heavy atom. The molecule has 15 heavy (non-hydrogen) atoms. The fourth-order valence-electron chi connectivity index (χ4n) is 0.523. The highest BCUT2D eigenvalue weighted by molar-refractivity contribution is 7.94.